The Morgan fingerprint density at radius 3 is 2.61 bits per heavy atom. The molecule has 2 aliphatic rings. The standard InChI is InChI=1S/C18H18F3N7/c19-18(20,21)13-1-2-15(22-9-13)27-8-6-12-5-7-26(10-14(12)27)17-4-3-16-24-23-11-28(16)25-17/h1-4,9,11-12,14H,5-8,10H2. The second-order valence-electron chi connectivity index (χ2n) is 7.27. The minimum absolute atomic E-state index is 0.205. The Bertz CT molecular complexity index is 985. The van der Waals surface area contributed by atoms with Crippen LogP contribution in [0.3, 0.4) is 0 Å². The molecule has 146 valence electrons. The number of hydrogen-bond donors (Lipinski definition) is 0. The lowest BCUT2D eigenvalue weighted by Crippen LogP contribution is -2.49. The fourth-order valence-electron chi connectivity index (χ4n) is 4.24. The molecule has 2 atom stereocenters. The molecule has 5 rings (SSSR count). The minimum Gasteiger partial charge on any atom is -0.353 e. The van der Waals surface area contributed by atoms with Crippen molar-refractivity contribution >= 4 is 17.3 Å². The molecule has 2 saturated heterocycles. The molecule has 28 heavy (non-hydrogen) atoms. The van der Waals surface area contributed by atoms with E-state index in [2.05, 4.69) is 30.1 Å². The van der Waals surface area contributed by atoms with E-state index in [0.29, 0.717) is 17.4 Å². The summed E-state index contributed by atoms with van der Waals surface area (Å²) in [6.07, 6.45) is 0.167. The van der Waals surface area contributed by atoms with Crippen LogP contribution in [-0.2, 0) is 6.18 Å². The number of halogens is 3. The first-order valence-corrected chi connectivity index (χ1v) is 9.21. The molecule has 3 aromatic heterocycles. The Hall–Kier alpha value is -2.91. The Labute approximate surface area is 158 Å². The van der Waals surface area contributed by atoms with Crippen molar-refractivity contribution in [1.29, 1.82) is 0 Å². The van der Waals surface area contributed by atoms with Gasteiger partial charge in [0.25, 0.3) is 0 Å². The van der Waals surface area contributed by atoms with E-state index < -0.39 is 11.7 Å². The predicted octanol–water partition coefficient (Wildman–Crippen LogP) is 2.64. The van der Waals surface area contributed by atoms with Crippen molar-refractivity contribution in [2.75, 3.05) is 29.4 Å². The van der Waals surface area contributed by atoms with Gasteiger partial charge in [-0.15, -0.1) is 15.3 Å². The summed E-state index contributed by atoms with van der Waals surface area (Å²) >= 11 is 0. The maximum Gasteiger partial charge on any atom is 0.417 e. The molecule has 0 saturated carbocycles. The lowest BCUT2D eigenvalue weighted by Gasteiger charge is -2.39. The predicted molar refractivity (Wildman–Crippen MR) is 96.1 cm³/mol. The molecule has 10 heteroatoms. The summed E-state index contributed by atoms with van der Waals surface area (Å²) < 4.78 is 40.1. The van der Waals surface area contributed by atoms with Gasteiger partial charge in [-0.2, -0.15) is 17.7 Å². The van der Waals surface area contributed by atoms with Gasteiger partial charge < -0.3 is 9.80 Å². The van der Waals surface area contributed by atoms with Crippen LogP contribution in [0, 0.1) is 5.92 Å². The molecule has 0 aliphatic carbocycles. The van der Waals surface area contributed by atoms with Gasteiger partial charge in [-0.1, -0.05) is 0 Å². The quantitative estimate of drug-likeness (QED) is 0.672. The van der Waals surface area contributed by atoms with Gasteiger partial charge in [-0.3, -0.25) is 0 Å². The van der Waals surface area contributed by atoms with Gasteiger partial charge in [0.2, 0.25) is 0 Å². The average molecular weight is 389 g/mol. The van der Waals surface area contributed by atoms with Crippen LogP contribution in [-0.4, -0.2) is 50.5 Å². The third-order valence-corrected chi connectivity index (χ3v) is 5.70. The summed E-state index contributed by atoms with van der Waals surface area (Å²) in [6, 6.07) is 6.60. The van der Waals surface area contributed by atoms with Gasteiger partial charge in [0.05, 0.1) is 11.6 Å². The van der Waals surface area contributed by atoms with Gasteiger partial charge >= 0.3 is 6.18 Å². The maximum absolute atomic E-state index is 12.8. The number of rotatable bonds is 2. The lowest BCUT2D eigenvalue weighted by molar-refractivity contribution is -0.137. The van der Waals surface area contributed by atoms with Crippen molar-refractivity contribution in [3.05, 3.63) is 42.4 Å². The van der Waals surface area contributed by atoms with Crippen LogP contribution < -0.4 is 9.80 Å². The first-order valence-electron chi connectivity index (χ1n) is 9.21. The lowest BCUT2D eigenvalue weighted by atomic mass is 9.92. The fourth-order valence-corrected chi connectivity index (χ4v) is 4.24. The zero-order valence-corrected chi connectivity index (χ0v) is 14.9. The van der Waals surface area contributed by atoms with Crippen LogP contribution in [0.15, 0.2) is 36.8 Å². The molecule has 0 radical (unpaired) electrons. The van der Waals surface area contributed by atoms with Crippen molar-refractivity contribution < 1.29 is 13.2 Å². The summed E-state index contributed by atoms with van der Waals surface area (Å²) in [5.74, 6) is 1.96. The van der Waals surface area contributed by atoms with Crippen LogP contribution in [0.25, 0.3) is 5.65 Å². The van der Waals surface area contributed by atoms with E-state index in [4.69, 9.17) is 0 Å². The third-order valence-electron chi connectivity index (χ3n) is 5.70. The number of alkyl halides is 3. The number of anilines is 2. The fraction of sp³-hybridized carbons (Fsp3) is 0.444. The van der Waals surface area contributed by atoms with E-state index in [0.717, 1.165) is 50.6 Å². The highest BCUT2D eigenvalue weighted by Crippen LogP contribution is 2.36. The van der Waals surface area contributed by atoms with Gasteiger partial charge in [0.1, 0.15) is 18.0 Å². The van der Waals surface area contributed by atoms with E-state index >= 15 is 0 Å². The average Bonchev–Trinajstić information content (AvgIpc) is 3.33. The number of pyridine rings is 1. The highest BCUT2D eigenvalue weighted by Gasteiger charge is 2.40. The number of fused-ring (bicyclic) bond motifs is 2. The second-order valence-corrected chi connectivity index (χ2v) is 7.27. The Morgan fingerprint density at radius 1 is 1.00 bits per heavy atom. The van der Waals surface area contributed by atoms with E-state index in [1.807, 2.05) is 12.1 Å². The van der Waals surface area contributed by atoms with Crippen molar-refractivity contribution in [1.82, 2.24) is 24.8 Å². The molecule has 7 nitrogen and oxygen atoms in total. The van der Waals surface area contributed by atoms with Crippen LogP contribution in [0.2, 0.25) is 0 Å². The summed E-state index contributed by atoms with van der Waals surface area (Å²) in [4.78, 5) is 8.45. The van der Waals surface area contributed by atoms with Crippen LogP contribution >= 0.6 is 0 Å². The van der Waals surface area contributed by atoms with E-state index in [-0.39, 0.29) is 6.04 Å². The maximum atomic E-state index is 12.8. The van der Waals surface area contributed by atoms with Crippen LogP contribution in [0.1, 0.15) is 18.4 Å². The SMILES string of the molecule is FC(F)(F)c1ccc(N2CCC3CCN(c4ccc5nncn5n4)CC32)nc1. The first-order chi connectivity index (χ1) is 13.5. The number of piperidine rings is 1. The van der Waals surface area contributed by atoms with Gasteiger partial charge in [-0.25, -0.2) is 4.98 Å². The Balaban J connectivity index is 1.38. The summed E-state index contributed by atoms with van der Waals surface area (Å²) in [6.45, 7) is 2.46. The first kappa shape index (κ1) is 17.2. The third kappa shape index (κ3) is 2.92. The zero-order chi connectivity index (χ0) is 19.3. The van der Waals surface area contributed by atoms with Gasteiger partial charge in [-0.05, 0) is 43.0 Å². The second kappa shape index (κ2) is 6.32. The molecule has 3 aromatic rings. The topological polar surface area (TPSA) is 62.5 Å². The molecule has 0 bridgehead atoms. The van der Waals surface area contributed by atoms with Gasteiger partial charge in [0, 0.05) is 25.8 Å². The van der Waals surface area contributed by atoms with Crippen molar-refractivity contribution in [3.63, 3.8) is 0 Å². The highest BCUT2D eigenvalue weighted by atomic mass is 19.4. The summed E-state index contributed by atoms with van der Waals surface area (Å²) in [7, 11) is 0. The van der Waals surface area contributed by atoms with E-state index in [1.54, 1.807) is 10.8 Å². The van der Waals surface area contributed by atoms with Gasteiger partial charge in [0.15, 0.2) is 5.65 Å². The molecule has 2 unspecified atom stereocenters. The number of nitrogens with zero attached hydrogens (tertiary/aromatic N) is 7. The highest BCUT2D eigenvalue weighted by molar-refractivity contribution is 5.48. The number of hydrogen-bond acceptors (Lipinski definition) is 6. The molecule has 2 aliphatic heterocycles. The minimum atomic E-state index is -4.37. The molecular formula is C18H18F3N7. The van der Waals surface area contributed by atoms with Crippen molar-refractivity contribution in [3.8, 4) is 0 Å². The molecule has 0 amide bonds. The molecule has 0 N–H and O–H groups in total. The normalized spacial score (nSPS) is 22.7. The molecule has 5 heterocycles. The Morgan fingerprint density at radius 2 is 1.82 bits per heavy atom. The van der Waals surface area contributed by atoms with Crippen LogP contribution in [0.4, 0.5) is 24.8 Å². The van der Waals surface area contributed by atoms with E-state index in [9.17, 15) is 13.2 Å². The zero-order valence-electron chi connectivity index (χ0n) is 14.9. The van der Waals surface area contributed by atoms with E-state index in [1.165, 1.54) is 6.07 Å². The summed E-state index contributed by atoms with van der Waals surface area (Å²) in [5, 5.41) is 12.4. The van der Waals surface area contributed by atoms with Crippen molar-refractivity contribution in [2.45, 2.75) is 25.1 Å². The number of aromatic nitrogens is 5. The smallest absolute Gasteiger partial charge is 0.353 e. The molecule has 0 spiro atoms. The van der Waals surface area contributed by atoms with Crippen molar-refractivity contribution in [2.24, 2.45) is 5.92 Å². The largest absolute Gasteiger partial charge is 0.417 e. The molecule has 0 aromatic carbocycles. The monoisotopic (exact) mass is 389 g/mol. The molecule has 2 fully saturated rings. The molecular weight excluding hydrogens is 371 g/mol. The summed E-state index contributed by atoms with van der Waals surface area (Å²) in [5.41, 5.74) is -0.0289. The van der Waals surface area contributed by atoms with Crippen LogP contribution in [0.5, 0.6) is 0 Å². The Kier molecular flexibility index (Phi) is 3.88.